The zero-order valence-electron chi connectivity index (χ0n) is 13.1. The van der Waals surface area contributed by atoms with E-state index < -0.39 is 10.0 Å². The highest BCUT2D eigenvalue weighted by atomic mass is 32.2. The van der Waals surface area contributed by atoms with Gasteiger partial charge in [-0.15, -0.1) is 0 Å². The second kappa shape index (κ2) is 6.10. The maximum atomic E-state index is 12.6. The van der Waals surface area contributed by atoms with Gasteiger partial charge >= 0.3 is 0 Å². The Hall–Kier alpha value is -0.850. The molecule has 0 radical (unpaired) electrons. The highest BCUT2D eigenvalue weighted by Gasteiger charge is 2.33. The zero-order valence-corrected chi connectivity index (χ0v) is 13.9. The van der Waals surface area contributed by atoms with Crippen molar-refractivity contribution >= 4 is 10.0 Å². The van der Waals surface area contributed by atoms with E-state index in [0.29, 0.717) is 11.7 Å². The number of sulfonamides is 1. The summed E-state index contributed by atoms with van der Waals surface area (Å²) < 4.78 is 30.1. The molecule has 0 unspecified atom stereocenters. The fourth-order valence-corrected chi connectivity index (χ4v) is 4.44. The van der Waals surface area contributed by atoms with E-state index in [4.69, 9.17) is 0 Å². The number of nitrogens with zero attached hydrogens (tertiary/aromatic N) is 1. The number of aliphatic hydroxyl groups is 1. The summed E-state index contributed by atoms with van der Waals surface area (Å²) >= 11 is 0. The lowest BCUT2D eigenvalue weighted by Gasteiger charge is -2.31. The van der Waals surface area contributed by atoms with Crippen LogP contribution in [0.3, 0.4) is 0 Å². The molecule has 5 nitrogen and oxygen atoms in total. The molecule has 1 heterocycles. The third-order valence-electron chi connectivity index (χ3n) is 4.70. The molecule has 2 N–H and O–H groups in total. The lowest BCUT2D eigenvalue weighted by atomic mass is 9.91. The number of hydrogen-bond acceptors (Lipinski definition) is 3. The van der Waals surface area contributed by atoms with Gasteiger partial charge in [0.15, 0.2) is 0 Å². The van der Waals surface area contributed by atoms with Crippen LogP contribution in [-0.4, -0.2) is 23.6 Å². The number of rotatable bonds is 8. The molecule has 21 heavy (non-hydrogen) atoms. The van der Waals surface area contributed by atoms with E-state index in [1.165, 1.54) is 0 Å². The van der Waals surface area contributed by atoms with Gasteiger partial charge in [-0.3, -0.25) is 0 Å². The summed E-state index contributed by atoms with van der Waals surface area (Å²) in [6, 6.07) is 1.94. The van der Waals surface area contributed by atoms with Gasteiger partial charge in [-0.2, -0.15) is 0 Å². The topological polar surface area (TPSA) is 71.3 Å². The summed E-state index contributed by atoms with van der Waals surface area (Å²) in [7, 11) is -3.55. The molecule has 1 aromatic rings. The summed E-state index contributed by atoms with van der Waals surface area (Å²) in [5.74, 6) is 0. The summed E-state index contributed by atoms with van der Waals surface area (Å²) in [5.41, 5.74) is 0.285. The van der Waals surface area contributed by atoms with E-state index >= 15 is 0 Å². The molecule has 1 aliphatic rings. The van der Waals surface area contributed by atoms with Gasteiger partial charge in [-0.25, -0.2) is 13.1 Å². The molecule has 0 bridgehead atoms. The first-order chi connectivity index (χ1) is 9.91. The van der Waals surface area contributed by atoms with Gasteiger partial charge in [0.25, 0.3) is 0 Å². The van der Waals surface area contributed by atoms with Gasteiger partial charge in [0.05, 0.1) is 6.61 Å². The number of nitrogens with one attached hydrogen (secondary N) is 1. The second-order valence-electron chi connectivity index (χ2n) is 5.91. The van der Waals surface area contributed by atoms with E-state index in [2.05, 4.69) is 4.72 Å². The molecule has 2 rings (SSSR count). The molecular formula is C15H26N2O3S. The Morgan fingerprint density at radius 3 is 2.29 bits per heavy atom. The van der Waals surface area contributed by atoms with Crippen molar-refractivity contribution in [1.82, 2.24) is 9.29 Å². The monoisotopic (exact) mass is 314 g/mol. The third-order valence-corrected chi connectivity index (χ3v) is 6.25. The SMILES string of the molecule is CCC(CC)(CC)NS(=O)(=O)c1cc(CO)n(C2CC2)c1. The van der Waals surface area contributed by atoms with Crippen molar-refractivity contribution in [2.24, 2.45) is 0 Å². The Morgan fingerprint density at radius 2 is 1.86 bits per heavy atom. The van der Waals surface area contributed by atoms with Crippen molar-refractivity contribution in [2.75, 3.05) is 0 Å². The van der Waals surface area contributed by atoms with E-state index in [-0.39, 0.29) is 17.0 Å². The fraction of sp³-hybridized carbons (Fsp3) is 0.733. The van der Waals surface area contributed by atoms with Crippen LogP contribution in [-0.2, 0) is 16.6 Å². The second-order valence-corrected chi connectivity index (χ2v) is 7.59. The predicted molar refractivity (Wildman–Crippen MR) is 82.6 cm³/mol. The third kappa shape index (κ3) is 3.33. The number of aromatic nitrogens is 1. The molecule has 0 aromatic carbocycles. The van der Waals surface area contributed by atoms with Crippen LogP contribution in [0.4, 0.5) is 0 Å². The molecule has 1 fully saturated rings. The Kier molecular flexibility index (Phi) is 4.80. The number of hydrogen-bond donors (Lipinski definition) is 2. The predicted octanol–water partition coefficient (Wildman–Crippen LogP) is 2.56. The molecule has 1 saturated carbocycles. The van der Waals surface area contributed by atoms with E-state index in [0.717, 1.165) is 32.1 Å². The van der Waals surface area contributed by atoms with Gasteiger partial charge in [0.2, 0.25) is 10.0 Å². The molecule has 0 spiro atoms. The highest BCUT2D eigenvalue weighted by molar-refractivity contribution is 7.89. The normalized spacial score (nSPS) is 16.4. The first-order valence-corrected chi connectivity index (χ1v) is 9.25. The zero-order chi connectivity index (χ0) is 15.7. The van der Waals surface area contributed by atoms with Crippen LogP contribution in [0.25, 0.3) is 0 Å². The van der Waals surface area contributed by atoms with Gasteiger partial charge < -0.3 is 9.67 Å². The van der Waals surface area contributed by atoms with Gasteiger partial charge in [0, 0.05) is 23.5 Å². The van der Waals surface area contributed by atoms with Crippen molar-refractivity contribution in [1.29, 1.82) is 0 Å². The summed E-state index contributed by atoms with van der Waals surface area (Å²) in [5, 5.41) is 9.41. The van der Waals surface area contributed by atoms with Crippen molar-refractivity contribution in [2.45, 2.75) is 76.0 Å². The highest BCUT2D eigenvalue weighted by Crippen LogP contribution is 2.37. The molecule has 120 valence electrons. The molecule has 0 atom stereocenters. The average molecular weight is 314 g/mol. The summed E-state index contributed by atoms with van der Waals surface area (Å²) in [4.78, 5) is 0.262. The molecular weight excluding hydrogens is 288 g/mol. The molecule has 1 aromatic heterocycles. The molecule has 0 amide bonds. The fourth-order valence-electron chi connectivity index (χ4n) is 2.77. The van der Waals surface area contributed by atoms with Gasteiger partial charge in [-0.1, -0.05) is 20.8 Å². The van der Waals surface area contributed by atoms with E-state index in [9.17, 15) is 13.5 Å². The minimum Gasteiger partial charge on any atom is -0.390 e. The molecule has 0 saturated heterocycles. The molecule has 1 aliphatic carbocycles. The Labute approximate surface area is 127 Å². The maximum Gasteiger partial charge on any atom is 0.242 e. The molecule has 6 heteroatoms. The van der Waals surface area contributed by atoms with Crippen molar-refractivity contribution in [3.8, 4) is 0 Å². The van der Waals surface area contributed by atoms with E-state index in [1.54, 1.807) is 12.3 Å². The van der Waals surface area contributed by atoms with Crippen LogP contribution in [0.1, 0.15) is 64.6 Å². The van der Waals surface area contributed by atoms with Crippen molar-refractivity contribution < 1.29 is 13.5 Å². The van der Waals surface area contributed by atoms with Crippen LogP contribution in [0.15, 0.2) is 17.2 Å². The van der Waals surface area contributed by atoms with Gasteiger partial charge in [-0.05, 0) is 38.2 Å². The Bertz CT molecular complexity index is 576. The minimum atomic E-state index is -3.55. The van der Waals surface area contributed by atoms with Crippen LogP contribution in [0.5, 0.6) is 0 Å². The number of aliphatic hydroxyl groups excluding tert-OH is 1. The largest absolute Gasteiger partial charge is 0.390 e. The van der Waals surface area contributed by atoms with Gasteiger partial charge in [0.1, 0.15) is 4.90 Å². The minimum absolute atomic E-state index is 0.132. The van der Waals surface area contributed by atoms with Crippen molar-refractivity contribution in [3.05, 3.63) is 18.0 Å². The van der Waals surface area contributed by atoms with Crippen molar-refractivity contribution in [3.63, 3.8) is 0 Å². The van der Waals surface area contributed by atoms with Crippen LogP contribution >= 0.6 is 0 Å². The summed E-state index contributed by atoms with van der Waals surface area (Å²) in [6.45, 7) is 5.88. The smallest absolute Gasteiger partial charge is 0.242 e. The average Bonchev–Trinajstić information content (AvgIpc) is 3.23. The molecule has 0 aliphatic heterocycles. The maximum absolute atomic E-state index is 12.6. The lowest BCUT2D eigenvalue weighted by Crippen LogP contribution is -2.46. The standard InChI is InChI=1S/C15H26N2O3S/c1-4-15(5-2,6-3)16-21(19,20)14-9-13(11-18)17(10-14)12-7-8-12/h9-10,12,16,18H,4-8,11H2,1-3H3. The van der Waals surface area contributed by atoms with Crippen LogP contribution < -0.4 is 4.72 Å². The first-order valence-electron chi connectivity index (χ1n) is 7.77. The lowest BCUT2D eigenvalue weighted by molar-refractivity contribution is 0.270. The van der Waals surface area contributed by atoms with Crippen LogP contribution in [0.2, 0.25) is 0 Å². The Balaban J connectivity index is 2.31. The summed E-state index contributed by atoms with van der Waals surface area (Å²) in [6.07, 6.45) is 6.05. The quantitative estimate of drug-likeness (QED) is 0.774. The Morgan fingerprint density at radius 1 is 1.29 bits per heavy atom. The van der Waals surface area contributed by atoms with Crippen LogP contribution in [0, 0.1) is 0 Å². The van der Waals surface area contributed by atoms with E-state index in [1.807, 2.05) is 25.3 Å². The first kappa shape index (κ1) is 16.5.